The lowest BCUT2D eigenvalue weighted by molar-refractivity contribution is -0.938. The summed E-state index contributed by atoms with van der Waals surface area (Å²) in [7, 11) is 0. The first-order valence-corrected chi connectivity index (χ1v) is 19.2. The number of benzene rings is 3. The number of hydrogen-bond donors (Lipinski definition) is 0. The largest absolute Gasteiger partial charge is 1.00 e. The van der Waals surface area contributed by atoms with Crippen molar-refractivity contribution in [1.29, 1.82) is 0 Å². The van der Waals surface area contributed by atoms with Gasteiger partial charge in [-0.15, -0.1) is 0 Å². The van der Waals surface area contributed by atoms with Gasteiger partial charge in [0.2, 0.25) is 0 Å². The lowest BCUT2D eigenvalue weighted by Gasteiger charge is -2.38. The van der Waals surface area contributed by atoms with Gasteiger partial charge in [-0.2, -0.15) is 0 Å². The highest BCUT2D eigenvalue weighted by atomic mass is 35.5. The highest BCUT2D eigenvalue weighted by molar-refractivity contribution is 5.15. The van der Waals surface area contributed by atoms with E-state index in [2.05, 4.69) is 114 Å². The van der Waals surface area contributed by atoms with Crippen LogP contribution in [-0.4, -0.2) is 86.1 Å². The first-order chi connectivity index (χ1) is 24.6. The van der Waals surface area contributed by atoms with Crippen molar-refractivity contribution < 1.29 is 50.7 Å². The molecule has 54 heavy (non-hydrogen) atoms. The molecule has 0 unspecified atom stereocenters. The molecule has 0 aliphatic heterocycles. The van der Waals surface area contributed by atoms with Gasteiger partial charge in [0.15, 0.2) is 0 Å². The molecule has 3 aromatic carbocycles. The van der Waals surface area contributed by atoms with Crippen molar-refractivity contribution in [2.24, 2.45) is 0 Å². The van der Waals surface area contributed by atoms with Crippen molar-refractivity contribution in [3.8, 4) is 0 Å². The Morgan fingerprint density at radius 2 is 0.574 bits per heavy atom. The first kappa shape index (κ1) is 48.8. The van der Waals surface area contributed by atoms with Crippen LogP contribution in [0.2, 0.25) is 0 Å². The third-order valence-electron chi connectivity index (χ3n) is 11.9. The summed E-state index contributed by atoms with van der Waals surface area (Å²) in [6, 6.07) is 31.2. The van der Waals surface area contributed by atoms with E-state index in [1.165, 1.54) is 30.4 Å². The van der Waals surface area contributed by atoms with E-state index < -0.39 is 17.1 Å². The van der Waals surface area contributed by atoms with E-state index in [1.54, 1.807) is 0 Å². The summed E-state index contributed by atoms with van der Waals surface area (Å²) in [6.45, 7) is 23.3. The predicted molar refractivity (Wildman–Crippen MR) is 208 cm³/mol. The SMILES string of the molecule is CC[N+](CC)(CCn1c(=O)n(CC[N+](CC)(CC)Cc2ccccc2)c(=O)n(CC[N+](CC)(CC)Cc2ccccc2)c1=O)Cc1ccccc1.[Cl-].[Cl-].[Cl-]. The number of halogens is 3. The molecule has 4 rings (SSSR count). The smallest absolute Gasteiger partial charge is 0.336 e. The van der Waals surface area contributed by atoms with Crippen LogP contribution >= 0.6 is 0 Å². The number of aromatic nitrogens is 3. The van der Waals surface area contributed by atoms with Crippen molar-refractivity contribution >= 4 is 0 Å². The Morgan fingerprint density at radius 1 is 0.370 bits per heavy atom. The van der Waals surface area contributed by atoms with Crippen LogP contribution in [0.3, 0.4) is 0 Å². The number of nitrogens with zero attached hydrogens (tertiary/aromatic N) is 6. The molecule has 9 nitrogen and oxygen atoms in total. The van der Waals surface area contributed by atoms with Crippen molar-refractivity contribution in [3.63, 3.8) is 0 Å². The van der Waals surface area contributed by atoms with Gasteiger partial charge in [0, 0.05) is 16.7 Å². The van der Waals surface area contributed by atoms with Gasteiger partial charge in [0.05, 0.1) is 78.5 Å². The highest BCUT2D eigenvalue weighted by Gasteiger charge is 2.30. The van der Waals surface area contributed by atoms with Gasteiger partial charge in [-0.1, -0.05) is 91.0 Å². The number of rotatable bonds is 21. The molecule has 0 N–H and O–H groups in total. The van der Waals surface area contributed by atoms with E-state index in [0.717, 1.165) is 72.4 Å². The van der Waals surface area contributed by atoms with E-state index in [0.29, 0.717) is 19.6 Å². The van der Waals surface area contributed by atoms with Crippen molar-refractivity contribution in [2.75, 3.05) is 58.9 Å². The topological polar surface area (TPSA) is 66.0 Å². The highest BCUT2D eigenvalue weighted by Crippen LogP contribution is 2.17. The molecule has 0 aliphatic rings. The van der Waals surface area contributed by atoms with Crippen molar-refractivity contribution in [3.05, 3.63) is 139 Å². The first-order valence-electron chi connectivity index (χ1n) is 19.2. The fourth-order valence-corrected chi connectivity index (χ4v) is 7.63. The van der Waals surface area contributed by atoms with Crippen LogP contribution in [0.25, 0.3) is 0 Å². The summed E-state index contributed by atoms with van der Waals surface area (Å²) in [5, 5.41) is 0. The molecule has 4 aromatic rings. The number of hydrogen-bond acceptors (Lipinski definition) is 3. The summed E-state index contributed by atoms with van der Waals surface area (Å²) in [6.07, 6.45) is 0. The Kier molecular flexibility index (Phi) is 20.8. The second kappa shape index (κ2) is 23.0. The lowest BCUT2D eigenvalue weighted by atomic mass is 10.1. The van der Waals surface area contributed by atoms with Gasteiger partial charge in [0.25, 0.3) is 0 Å². The zero-order valence-corrected chi connectivity index (χ0v) is 35.6. The normalized spacial score (nSPS) is 11.7. The molecular formula is C42H63Cl3N6O3. The number of quaternary nitrogens is 3. The molecule has 0 amide bonds. The molecule has 0 bridgehead atoms. The van der Waals surface area contributed by atoms with Gasteiger partial charge < -0.3 is 50.7 Å². The van der Waals surface area contributed by atoms with Crippen LogP contribution in [-0.2, 0) is 39.3 Å². The summed E-state index contributed by atoms with van der Waals surface area (Å²) < 4.78 is 6.29. The Bertz CT molecular complexity index is 1580. The molecule has 0 spiro atoms. The fraction of sp³-hybridized carbons (Fsp3) is 0.500. The second-order valence-corrected chi connectivity index (χ2v) is 14.3. The molecule has 1 heterocycles. The Morgan fingerprint density at radius 3 is 0.759 bits per heavy atom. The van der Waals surface area contributed by atoms with Crippen LogP contribution in [0.1, 0.15) is 58.2 Å². The van der Waals surface area contributed by atoms with Crippen LogP contribution in [0.4, 0.5) is 0 Å². The monoisotopic (exact) mass is 804 g/mol. The van der Waals surface area contributed by atoms with Gasteiger partial charge >= 0.3 is 17.1 Å². The molecule has 0 fully saturated rings. The van der Waals surface area contributed by atoms with Crippen molar-refractivity contribution in [1.82, 2.24) is 13.7 Å². The Balaban J connectivity index is 0.00000486. The Labute approximate surface area is 341 Å². The van der Waals surface area contributed by atoms with E-state index in [1.807, 2.05) is 18.2 Å². The standard InChI is InChI=1S/C42H63N6O3.3ClH/c1-7-46(8-2,34-37-22-16-13-17-23-37)31-28-43-40(49)44(29-32-47(9-3,10-4)35-38-24-18-14-19-25-38)42(51)45(41(43)50)30-33-48(11-5,12-6)36-39-26-20-15-21-27-39;;;/h13-27H,7-12,28-36H2,1-6H3;3*1H/q+3;;;/p-3. The molecular weight excluding hydrogens is 743 g/mol. The maximum absolute atomic E-state index is 14.3. The maximum atomic E-state index is 14.3. The summed E-state index contributed by atoms with van der Waals surface area (Å²) in [5.41, 5.74) is 2.21. The average Bonchev–Trinajstić information content (AvgIpc) is 3.17. The molecule has 0 atom stereocenters. The maximum Gasteiger partial charge on any atom is 0.336 e. The minimum absolute atomic E-state index is 0. The van der Waals surface area contributed by atoms with Crippen LogP contribution in [0.5, 0.6) is 0 Å². The van der Waals surface area contributed by atoms with Gasteiger partial charge in [-0.25, -0.2) is 28.1 Å². The molecule has 0 aliphatic carbocycles. The molecule has 12 heteroatoms. The lowest BCUT2D eigenvalue weighted by Crippen LogP contribution is -3.00. The summed E-state index contributed by atoms with van der Waals surface area (Å²) >= 11 is 0. The predicted octanol–water partition coefficient (Wildman–Crippen LogP) is -3.65. The quantitative estimate of drug-likeness (QED) is 0.0818. The fourth-order valence-electron chi connectivity index (χ4n) is 7.63. The molecule has 0 saturated heterocycles. The second-order valence-electron chi connectivity index (χ2n) is 14.3. The van der Waals surface area contributed by atoms with E-state index in [-0.39, 0.29) is 56.9 Å². The minimum Gasteiger partial charge on any atom is -1.00 e. The van der Waals surface area contributed by atoms with Gasteiger partial charge in [0.1, 0.15) is 19.6 Å². The summed E-state index contributed by atoms with van der Waals surface area (Å²) in [5.74, 6) is 0. The van der Waals surface area contributed by atoms with Crippen molar-refractivity contribution in [2.45, 2.75) is 80.8 Å². The van der Waals surface area contributed by atoms with Crippen LogP contribution in [0, 0.1) is 0 Å². The molecule has 1 aromatic heterocycles. The molecule has 0 radical (unpaired) electrons. The Hall–Kier alpha value is -3.18. The molecule has 0 saturated carbocycles. The van der Waals surface area contributed by atoms with Gasteiger partial charge in [-0.3, -0.25) is 0 Å². The average molecular weight is 806 g/mol. The summed E-state index contributed by atoms with van der Waals surface area (Å²) in [4.78, 5) is 42.9. The zero-order chi connectivity index (χ0) is 36.9. The third-order valence-corrected chi connectivity index (χ3v) is 11.9. The van der Waals surface area contributed by atoms with E-state index >= 15 is 0 Å². The van der Waals surface area contributed by atoms with Gasteiger partial charge in [-0.05, 0) is 41.5 Å². The van der Waals surface area contributed by atoms with E-state index in [4.69, 9.17) is 0 Å². The van der Waals surface area contributed by atoms with E-state index in [9.17, 15) is 14.4 Å². The van der Waals surface area contributed by atoms with Crippen LogP contribution in [0.15, 0.2) is 105 Å². The number of likely N-dealkylation sites (N-methyl/N-ethyl adjacent to an activating group) is 3. The van der Waals surface area contributed by atoms with Crippen LogP contribution < -0.4 is 54.3 Å². The third kappa shape index (κ3) is 12.2. The zero-order valence-electron chi connectivity index (χ0n) is 33.3. The minimum atomic E-state index is -0.493. The molecule has 300 valence electrons.